The minimum atomic E-state index is -0.215. The number of pyridine rings is 1. The van der Waals surface area contributed by atoms with Crippen molar-refractivity contribution in [2.24, 2.45) is 0 Å². The largest absolute Gasteiger partial charge is 0.339 e. The van der Waals surface area contributed by atoms with Crippen LogP contribution in [0.15, 0.2) is 54.7 Å². The van der Waals surface area contributed by atoms with Crippen molar-refractivity contribution < 1.29 is 9.59 Å². The van der Waals surface area contributed by atoms with E-state index in [4.69, 9.17) is 0 Å². The van der Waals surface area contributed by atoms with Gasteiger partial charge >= 0.3 is 0 Å². The summed E-state index contributed by atoms with van der Waals surface area (Å²) in [6.07, 6.45) is 1.73. The van der Waals surface area contributed by atoms with Crippen LogP contribution < -0.4 is 5.32 Å². The molecular formula is C23H26N4O2. The number of anilines is 1. The van der Waals surface area contributed by atoms with Crippen molar-refractivity contribution in [1.29, 1.82) is 0 Å². The van der Waals surface area contributed by atoms with Crippen LogP contribution in [-0.2, 0) is 0 Å². The molecule has 0 unspecified atom stereocenters. The van der Waals surface area contributed by atoms with Gasteiger partial charge in [-0.25, -0.2) is 4.98 Å². The zero-order chi connectivity index (χ0) is 21.0. The summed E-state index contributed by atoms with van der Waals surface area (Å²) in [5, 5.41) is 2.92. The zero-order valence-electron chi connectivity index (χ0n) is 17.3. The number of amides is 2. The first-order chi connectivity index (χ1) is 14.0. The fourth-order valence-electron chi connectivity index (χ4n) is 3.45. The van der Waals surface area contributed by atoms with E-state index >= 15 is 0 Å². The molecule has 0 aliphatic heterocycles. The second kappa shape index (κ2) is 8.73. The monoisotopic (exact) mass is 390 g/mol. The molecule has 0 saturated heterocycles. The number of aromatic nitrogens is 2. The van der Waals surface area contributed by atoms with Gasteiger partial charge in [-0.1, -0.05) is 12.1 Å². The Kier molecular flexibility index (Phi) is 6.12. The number of aryl methyl sites for hydroxylation is 1. The van der Waals surface area contributed by atoms with Crippen molar-refractivity contribution in [3.63, 3.8) is 0 Å². The number of carbonyl (C=O) groups excluding carboxylic acids is 2. The van der Waals surface area contributed by atoms with E-state index < -0.39 is 0 Å². The highest BCUT2D eigenvalue weighted by Gasteiger charge is 2.18. The lowest BCUT2D eigenvalue weighted by Crippen LogP contribution is -2.30. The molecule has 0 fully saturated rings. The molecule has 0 atom stereocenters. The van der Waals surface area contributed by atoms with Gasteiger partial charge in [0.05, 0.1) is 5.56 Å². The van der Waals surface area contributed by atoms with Gasteiger partial charge in [-0.3, -0.25) is 9.59 Å². The van der Waals surface area contributed by atoms with Crippen molar-refractivity contribution in [3.05, 3.63) is 77.2 Å². The first-order valence-corrected chi connectivity index (χ1v) is 9.77. The highest BCUT2D eigenvalue weighted by Crippen LogP contribution is 2.21. The maximum Gasteiger partial charge on any atom is 0.257 e. The van der Waals surface area contributed by atoms with Crippen LogP contribution in [0.4, 0.5) is 5.69 Å². The fourth-order valence-corrected chi connectivity index (χ4v) is 3.45. The quantitative estimate of drug-likeness (QED) is 0.685. The minimum Gasteiger partial charge on any atom is -0.339 e. The molecule has 0 saturated carbocycles. The molecule has 2 heterocycles. The summed E-state index contributed by atoms with van der Waals surface area (Å²) >= 11 is 0. The van der Waals surface area contributed by atoms with E-state index in [1.807, 2.05) is 56.5 Å². The van der Waals surface area contributed by atoms with Crippen molar-refractivity contribution >= 4 is 17.5 Å². The average molecular weight is 390 g/mol. The first-order valence-electron chi connectivity index (χ1n) is 9.77. The number of rotatable bonds is 6. The maximum atomic E-state index is 12.9. The van der Waals surface area contributed by atoms with Crippen LogP contribution >= 0.6 is 0 Å². The van der Waals surface area contributed by atoms with E-state index in [1.54, 1.807) is 35.4 Å². The molecule has 0 spiro atoms. The summed E-state index contributed by atoms with van der Waals surface area (Å²) in [6.45, 7) is 9.03. The van der Waals surface area contributed by atoms with Gasteiger partial charge in [-0.2, -0.15) is 0 Å². The van der Waals surface area contributed by atoms with Gasteiger partial charge in [0.25, 0.3) is 11.8 Å². The predicted octanol–water partition coefficient (Wildman–Crippen LogP) is 4.22. The fraction of sp³-hybridized carbons (Fsp3) is 0.261. The summed E-state index contributed by atoms with van der Waals surface area (Å²) in [4.78, 5) is 31.6. The lowest BCUT2D eigenvalue weighted by molar-refractivity contribution is 0.0772. The molecule has 0 radical (unpaired) electrons. The van der Waals surface area contributed by atoms with E-state index in [0.717, 1.165) is 17.2 Å². The lowest BCUT2D eigenvalue weighted by Gasteiger charge is -2.19. The van der Waals surface area contributed by atoms with Crippen LogP contribution in [0.5, 0.6) is 0 Å². The third-order valence-corrected chi connectivity index (χ3v) is 4.97. The number of carbonyl (C=O) groups is 2. The van der Waals surface area contributed by atoms with E-state index in [9.17, 15) is 9.59 Å². The number of benzene rings is 1. The SMILES string of the molecule is CCN(CC)C(=O)c1cccc(NC(=O)c2cc(C)n(-c3ccccn3)c2C)c1. The van der Waals surface area contributed by atoms with Crippen LogP contribution in [0, 0.1) is 13.8 Å². The van der Waals surface area contributed by atoms with Crippen molar-refractivity contribution in [3.8, 4) is 5.82 Å². The first kappa shape index (κ1) is 20.3. The molecule has 0 aliphatic carbocycles. The van der Waals surface area contributed by atoms with Gasteiger partial charge in [0.15, 0.2) is 0 Å². The second-order valence-corrected chi connectivity index (χ2v) is 6.82. The Labute approximate surface area is 171 Å². The van der Waals surface area contributed by atoms with Crippen LogP contribution in [0.2, 0.25) is 0 Å². The van der Waals surface area contributed by atoms with Gasteiger partial charge in [-0.15, -0.1) is 0 Å². The van der Waals surface area contributed by atoms with Gasteiger partial charge in [-0.05, 0) is 64.1 Å². The van der Waals surface area contributed by atoms with Gasteiger partial charge in [0.2, 0.25) is 0 Å². The molecule has 0 aliphatic rings. The third kappa shape index (κ3) is 4.21. The number of nitrogens with zero attached hydrogens (tertiary/aromatic N) is 3. The van der Waals surface area contributed by atoms with Gasteiger partial charge in [0, 0.05) is 41.9 Å². The second-order valence-electron chi connectivity index (χ2n) is 6.82. The highest BCUT2D eigenvalue weighted by molar-refractivity contribution is 6.06. The normalized spacial score (nSPS) is 10.6. The summed E-state index contributed by atoms with van der Waals surface area (Å²) in [5.74, 6) is 0.514. The molecule has 150 valence electrons. The summed E-state index contributed by atoms with van der Waals surface area (Å²) in [7, 11) is 0. The summed E-state index contributed by atoms with van der Waals surface area (Å²) in [6, 6.07) is 14.6. The van der Waals surface area contributed by atoms with Crippen molar-refractivity contribution in [2.45, 2.75) is 27.7 Å². The third-order valence-electron chi connectivity index (χ3n) is 4.97. The average Bonchev–Trinajstić information content (AvgIpc) is 3.03. The predicted molar refractivity (Wildman–Crippen MR) is 115 cm³/mol. The van der Waals surface area contributed by atoms with Crippen LogP contribution in [0.1, 0.15) is 46.0 Å². The zero-order valence-corrected chi connectivity index (χ0v) is 17.3. The Bertz CT molecular complexity index is 1020. The highest BCUT2D eigenvalue weighted by atomic mass is 16.2. The molecular weight excluding hydrogens is 364 g/mol. The Morgan fingerprint density at radius 1 is 1.03 bits per heavy atom. The molecule has 6 heteroatoms. The van der Waals surface area contributed by atoms with Crippen LogP contribution in [-0.4, -0.2) is 39.4 Å². The Morgan fingerprint density at radius 3 is 2.45 bits per heavy atom. The van der Waals surface area contributed by atoms with E-state index in [-0.39, 0.29) is 11.8 Å². The standard InChI is InChI=1S/C23H26N4O2/c1-5-26(6-2)23(29)18-10-9-11-19(15-18)25-22(28)20-14-16(3)27(17(20)4)21-12-7-8-13-24-21/h7-15H,5-6H2,1-4H3,(H,25,28). The summed E-state index contributed by atoms with van der Waals surface area (Å²) < 4.78 is 1.95. The Balaban J connectivity index is 1.85. The van der Waals surface area contributed by atoms with Crippen molar-refractivity contribution in [2.75, 3.05) is 18.4 Å². The molecule has 0 bridgehead atoms. The smallest absolute Gasteiger partial charge is 0.257 e. The van der Waals surface area contributed by atoms with Crippen LogP contribution in [0.3, 0.4) is 0 Å². The number of hydrogen-bond acceptors (Lipinski definition) is 3. The van der Waals surface area contributed by atoms with E-state index in [1.165, 1.54) is 0 Å². The Hall–Kier alpha value is -3.41. The molecule has 29 heavy (non-hydrogen) atoms. The number of nitrogens with one attached hydrogen (secondary N) is 1. The molecule has 6 nitrogen and oxygen atoms in total. The Morgan fingerprint density at radius 2 is 1.79 bits per heavy atom. The lowest BCUT2D eigenvalue weighted by atomic mass is 10.1. The summed E-state index contributed by atoms with van der Waals surface area (Å²) in [5.41, 5.74) is 3.47. The van der Waals surface area contributed by atoms with Crippen LogP contribution in [0.25, 0.3) is 5.82 Å². The minimum absolute atomic E-state index is 0.0422. The topological polar surface area (TPSA) is 67.2 Å². The maximum absolute atomic E-state index is 12.9. The van der Waals surface area contributed by atoms with Crippen molar-refractivity contribution in [1.82, 2.24) is 14.5 Å². The molecule has 1 N–H and O–H groups in total. The van der Waals surface area contributed by atoms with E-state index in [0.29, 0.717) is 29.9 Å². The molecule has 2 amide bonds. The van der Waals surface area contributed by atoms with Gasteiger partial charge < -0.3 is 14.8 Å². The number of hydrogen-bond donors (Lipinski definition) is 1. The van der Waals surface area contributed by atoms with Gasteiger partial charge in [0.1, 0.15) is 5.82 Å². The molecule has 3 aromatic rings. The van der Waals surface area contributed by atoms with E-state index in [2.05, 4.69) is 10.3 Å². The molecule has 1 aromatic carbocycles. The molecule has 3 rings (SSSR count). The molecule has 2 aromatic heterocycles.